The summed E-state index contributed by atoms with van der Waals surface area (Å²) in [7, 11) is 0. The third-order valence-corrected chi connectivity index (χ3v) is 3.90. The maximum atomic E-state index is 11.7. The number of halogens is 1. The Morgan fingerprint density at radius 2 is 2.11 bits per heavy atom. The van der Waals surface area contributed by atoms with E-state index in [0.717, 1.165) is 11.8 Å². The van der Waals surface area contributed by atoms with E-state index in [1.54, 1.807) is 13.8 Å². The van der Waals surface area contributed by atoms with Crippen LogP contribution in [0.5, 0.6) is 0 Å². The number of carbonyl (C=O) groups is 2. The molecular formula is C12H22ClNO3S. The van der Waals surface area contributed by atoms with E-state index in [4.69, 9.17) is 11.6 Å². The van der Waals surface area contributed by atoms with Gasteiger partial charge in [-0.15, -0.1) is 11.6 Å². The lowest BCUT2D eigenvalue weighted by Crippen LogP contribution is -2.27. The minimum atomic E-state index is -0.631. The van der Waals surface area contributed by atoms with Gasteiger partial charge in [-0.2, -0.15) is 0 Å². The van der Waals surface area contributed by atoms with Crippen molar-refractivity contribution in [1.29, 1.82) is 0 Å². The van der Waals surface area contributed by atoms with Crippen LogP contribution in [0.4, 0.5) is 0 Å². The van der Waals surface area contributed by atoms with Crippen LogP contribution in [0.15, 0.2) is 0 Å². The van der Waals surface area contributed by atoms with Crippen molar-refractivity contribution < 1.29 is 14.7 Å². The molecule has 6 heteroatoms. The first-order valence-electron chi connectivity index (χ1n) is 6.20. The second-order valence-corrected chi connectivity index (χ2v) is 5.54. The van der Waals surface area contributed by atoms with E-state index in [0.29, 0.717) is 37.4 Å². The molecule has 4 nitrogen and oxygen atoms in total. The Kier molecular flexibility index (Phi) is 10.5. The summed E-state index contributed by atoms with van der Waals surface area (Å²) in [5.74, 6) is 0.629. The number of hydrogen-bond donors (Lipinski definition) is 2. The lowest BCUT2D eigenvalue weighted by molar-refractivity contribution is -0.120. The summed E-state index contributed by atoms with van der Waals surface area (Å²) in [6, 6.07) is 0. The predicted molar refractivity (Wildman–Crippen MR) is 75.9 cm³/mol. The molecule has 2 atom stereocenters. The molecule has 0 radical (unpaired) electrons. The number of thioether (sulfide) groups is 1. The Balaban J connectivity index is 3.76. The van der Waals surface area contributed by atoms with Crippen LogP contribution in [0, 0.1) is 5.92 Å². The molecule has 0 aromatic rings. The van der Waals surface area contributed by atoms with Gasteiger partial charge in [0, 0.05) is 24.6 Å². The second kappa shape index (κ2) is 10.6. The highest BCUT2D eigenvalue weighted by molar-refractivity contribution is 8.13. The van der Waals surface area contributed by atoms with Gasteiger partial charge in [-0.1, -0.05) is 25.6 Å². The summed E-state index contributed by atoms with van der Waals surface area (Å²) >= 11 is 6.69. The topological polar surface area (TPSA) is 66.4 Å². The zero-order valence-electron chi connectivity index (χ0n) is 10.9. The minimum absolute atomic E-state index is 0.0155. The number of nitrogens with one attached hydrogen (secondary N) is 1. The molecule has 18 heavy (non-hydrogen) atoms. The fraction of sp³-hybridized carbons (Fsp3) is 0.833. The van der Waals surface area contributed by atoms with E-state index in [2.05, 4.69) is 5.32 Å². The number of rotatable bonds is 9. The number of alkyl halides is 1. The van der Waals surface area contributed by atoms with Crippen LogP contribution in [0.2, 0.25) is 0 Å². The molecule has 0 bridgehead atoms. The van der Waals surface area contributed by atoms with Crippen LogP contribution < -0.4 is 5.32 Å². The Labute approximate surface area is 118 Å². The largest absolute Gasteiger partial charge is 0.392 e. The predicted octanol–water partition coefficient (Wildman–Crippen LogP) is 1.79. The zero-order valence-corrected chi connectivity index (χ0v) is 12.5. The highest BCUT2D eigenvalue weighted by Gasteiger charge is 2.21. The number of amides is 1. The fourth-order valence-electron chi connectivity index (χ4n) is 1.29. The molecule has 0 aromatic carbocycles. The van der Waals surface area contributed by atoms with Gasteiger partial charge in [-0.3, -0.25) is 9.59 Å². The van der Waals surface area contributed by atoms with Gasteiger partial charge < -0.3 is 10.4 Å². The van der Waals surface area contributed by atoms with Crippen molar-refractivity contribution in [1.82, 2.24) is 5.32 Å². The third-order valence-electron chi connectivity index (χ3n) is 2.57. The Morgan fingerprint density at radius 3 is 2.67 bits per heavy atom. The van der Waals surface area contributed by atoms with Crippen molar-refractivity contribution in [2.45, 2.75) is 39.2 Å². The van der Waals surface area contributed by atoms with Gasteiger partial charge in [-0.05, 0) is 12.8 Å². The lowest BCUT2D eigenvalue weighted by Gasteiger charge is -2.16. The summed E-state index contributed by atoms with van der Waals surface area (Å²) in [4.78, 5) is 22.7. The maximum absolute atomic E-state index is 11.7. The van der Waals surface area contributed by atoms with Crippen LogP contribution in [0.25, 0.3) is 0 Å². The number of carbonyl (C=O) groups excluding carboxylic acids is 2. The standard InChI is InChI=1S/C12H22ClNO3S/c1-3-11(16)14-7-8-18-12(17)9(2)10(15)5-4-6-13/h9-10,15H,3-8H2,1-2H3,(H,14,16)/t9-,10+/m0/s1. The van der Waals surface area contributed by atoms with Crippen LogP contribution in [-0.2, 0) is 9.59 Å². The monoisotopic (exact) mass is 295 g/mol. The smallest absolute Gasteiger partial charge is 0.219 e. The van der Waals surface area contributed by atoms with E-state index < -0.39 is 6.10 Å². The first-order chi connectivity index (χ1) is 8.52. The highest BCUT2D eigenvalue weighted by Crippen LogP contribution is 2.17. The molecule has 0 saturated carbocycles. The minimum Gasteiger partial charge on any atom is -0.392 e. The summed E-state index contributed by atoms with van der Waals surface area (Å²) < 4.78 is 0. The molecule has 0 saturated heterocycles. The van der Waals surface area contributed by atoms with E-state index in [1.807, 2.05) is 0 Å². The molecule has 0 aromatic heterocycles. The van der Waals surface area contributed by atoms with E-state index in [-0.39, 0.29) is 16.9 Å². The molecule has 0 fully saturated rings. The molecule has 0 aliphatic heterocycles. The summed E-state index contributed by atoms with van der Waals surface area (Å²) in [5, 5.41) is 12.4. The molecule has 2 N–H and O–H groups in total. The Hall–Kier alpha value is -0.260. The number of aliphatic hydroxyl groups is 1. The van der Waals surface area contributed by atoms with Gasteiger partial charge >= 0.3 is 0 Å². The average molecular weight is 296 g/mol. The van der Waals surface area contributed by atoms with Gasteiger partial charge in [0.1, 0.15) is 0 Å². The van der Waals surface area contributed by atoms with Gasteiger partial charge in [0.25, 0.3) is 0 Å². The van der Waals surface area contributed by atoms with E-state index >= 15 is 0 Å². The maximum Gasteiger partial charge on any atom is 0.219 e. The SMILES string of the molecule is CCC(=O)NCCSC(=O)[C@@H](C)[C@H](O)CCCCl. The van der Waals surface area contributed by atoms with Crippen LogP contribution >= 0.6 is 23.4 Å². The van der Waals surface area contributed by atoms with Crippen molar-refractivity contribution in [2.24, 2.45) is 5.92 Å². The molecule has 0 rings (SSSR count). The zero-order chi connectivity index (χ0) is 14.0. The van der Waals surface area contributed by atoms with Gasteiger partial charge in [-0.25, -0.2) is 0 Å². The summed E-state index contributed by atoms with van der Waals surface area (Å²) in [6.07, 6.45) is 1.07. The lowest BCUT2D eigenvalue weighted by atomic mass is 10.0. The van der Waals surface area contributed by atoms with Gasteiger partial charge in [0.15, 0.2) is 5.12 Å². The highest BCUT2D eigenvalue weighted by atomic mass is 35.5. The molecule has 0 spiro atoms. The van der Waals surface area contributed by atoms with Crippen LogP contribution in [-0.4, -0.2) is 40.4 Å². The first-order valence-corrected chi connectivity index (χ1v) is 7.72. The normalized spacial score (nSPS) is 14.0. The van der Waals surface area contributed by atoms with Crippen molar-refractivity contribution in [2.75, 3.05) is 18.2 Å². The molecule has 1 amide bonds. The van der Waals surface area contributed by atoms with Crippen molar-refractivity contribution in [3.63, 3.8) is 0 Å². The Morgan fingerprint density at radius 1 is 1.44 bits per heavy atom. The molecule has 0 aliphatic carbocycles. The fourth-order valence-corrected chi connectivity index (χ4v) is 2.27. The quantitative estimate of drug-likeness (QED) is 0.503. The van der Waals surface area contributed by atoms with Crippen molar-refractivity contribution in [3.05, 3.63) is 0 Å². The molecule has 0 heterocycles. The van der Waals surface area contributed by atoms with Crippen molar-refractivity contribution in [3.8, 4) is 0 Å². The summed E-state index contributed by atoms with van der Waals surface area (Å²) in [6.45, 7) is 3.98. The third kappa shape index (κ3) is 7.95. The van der Waals surface area contributed by atoms with E-state index in [9.17, 15) is 14.7 Å². The van der Waals surface area contributed by atoms with Crippen LogP contribution in [0.1, 0.15) is 33.1 Å². The molecule has 0 unspecified atom stereocenters. The Bertz CT molecular complexity index is 264. The average Bonchev–Trinajstić information content (AvgIpc) is 2.39. The second-order valence-electron chi connectivity index (χ2n) is 4.06. The van der Waals surface area contributed by atoms with Crippen molar-refractivity contribution >= 4 is 34.4 Å². The molecule has 106 valence electrons. The molecular weight excluding hydrogens is 274 g/mol. The summed E-state index contributed by atoms with van der Waals surface area (Å²) in [5.41, 5.74) is 0. The molecule has 0 aliphatic rings. The van der Waals surface area contributed by atoms with Gasteiger partial charge in [0.2, 0.25) is 5.91 Å². The van der Waals surface area contributed by atoms with Crippen LogP contribution in [0.3, 0.4) is 0 Å². The number of hydrogen-bond acceptors (Lipinski definition) is 4. The number of aliphatic hydroxyl groups excluding tert-OH is 1. The van der Waals surface area contributed by atoms with E-state index in [1.165, 1.54) is 0 Å². The van der Waals surface area contributed by atoms with Gasteiger partial charge in [0.05, 0.1) is 12.0 Å². The first kappa shape index (κ1) is 17.7.